The van der Waals surface area contributed by atoms with E-state index in [1.807, 2.05) is 0 Å². The zero-order chi connectivity index (χ0) is 9.97. The van der Waals surface area contributed by atoms with Gasteiger partial charge in [0.1, 0.15) is 16.5 Å². The summed E-state index contributed by atoms with van der Waals surface area (Å²) in [6, 6.07) is 2.03. The highest BCUT2D eigenvalue weighted by Crippen LogP contribution is 2.23. The highest BCUT2D eigenvalue weighted by Gasteiger charge is 2.17. The molecule has 0 saturated heterocycles. The van der Waals surface area contributed by atoms with Crippen molar-refractivity contribution in [3.8, 4) is 6.01 Å². The second-order valence-electron chi connectivity index (χ2n) is 3.42. The van der Waals surface area contributed by atoms with E-state index >= 15 is 0 Å². The molecule has 1 aromatic rings. The van der Waals surface area contributed by atoms with Gasteiger partial charge >= 0.3 is 6.01 Å². The van der Waals surface area contributed by atoms with Crippen molar-refractivity contribution in [3.05, 3.63) is 10.7 Å². The van der Waals surface area contributed by atoms with Crippen LogP contribution in [-0.2, 0) is 0 Å². The summed E-state index contributed by atoms with van der Waals surface area (Å²) in [5.41, 5.74) is 5.57. The van der Waals surface area contributed by atoms with Gasteiger partial charge in [-0.05, 0) is 41.6 Å². The van der Waals surface area contributed by atoms with Gasteiger partial charge in [0.15, 0.2) is 0 Å². The summed E-state index contributed by atoms with van der Waals surface area (Å²) in [5, 5.41) is 0. The Kier molecular flexibility index (Phi) is 2.86. The summed E-state index contributed by atoms with van der Waals surface area (Å²) in [7, 11) is 0. The van der Waals surface area contributed by atoms with Crippen molar-refractivity contribution in [1.82, 2.24) is 9.97 Å². The topological polar surface area (TPSA) is 61.0 Å². The van der Waals surface area contributed by atoms with Crippen LogP contribution >= 0.6 is 15.9 Å². The van der Waals surface area contributed by atoms with Crippen LogP contribution in [0.1, 0.15) is 25.7 Å². The minimum absolute atomic E-state index is 0.267. The number of ether oxygens (including phenoxy) is 1. The molecule has 0 bridgehead atoms. The number of hydrogen-bond acceptors (Lipinski definition) is 4. The number of anilines is 1. The third-order valence-electron chi connectivity index (χ3n) is 2.27. The Balaban J connectivity index is 2.07. The molecular formula is C9H12BrN3O. The lowest BCUT2D eigenvalue weighted by atomic mass is 10.3. The Morgan fingerprint density at radius 2 is 2.07 bits per heavy atom. The molecule has 1 aliphatic carbocycles. The van der Waals surface area contributed by atoms with Crippen molar-refractivity contribution >= 4 is 21.7 Å². The number of rotatable bonds is 2. The summed E-state index contributed by atoms with van der Waals surface area (Å²) in [6.45, 7) is 0. The Labute approximate surface area is 91.0 Å². The first kappa shape index (κ1) is 9.71. The van der Waals surface area contributed by atoms with E-state index in [2.05, 4.69) is 25.9 Å². The lowest BCUT2D eigenvalue weighted by Gasteiger charge is -2.10. The predicted molar refractivity (Wildman–Crippen MR) is 57.0 cm³/mol. The summed E-state index contributed by atoms with van der Waals surface area (Å²) in [5.74, 6) is 0.430. The Morgan fingerprint density at radius 3 is 2.71 bits per heavy atom. The fourth-order valence-corrected chi connectivity index (χ4v) is 2.01. The van der Waals surface area contributed by atoms with Gasteiger partial charge in [-0.3, -0.25) is 0 Å². The smallest absolute Gasteiger partial charge is 0.319 e. The molecule has 5 heteroatoms. The molecule has 0 spiro atoms. The van der Waals surface area contributed by atoms with Gasteiger partial charge in [-0.15, -0.1) is 0 Å². The van der Waals surface area contributed by atoms with Crippen LogP contribution in [-0.4, -0.2) is 16.1 Å². The standard InChI is InChI=1S/C9H12BrN3O/c10-7-5-8(11)13-9(12-7)14-6-3-1-2-4-6/h5-6H,1-4H2,(H2,11,12,13). The Hall–Kier alpha value is -0.840. The second-order valence-corrected chi connectivity index (χ2v) is 4.23. The number of nitrogens with zero attached hydrogens (tertiary/aromatic N) is 2. The van der Waals surface area contributed by atoms with Gasteiger partial charge in [0.05, 0.1) is 0 Å². The molecule has 2 rings (SSSR count). The molecule has 1 heterocycles. The number of nitrogen functional groups attached to an aromatic ring is 1. The first-order valence-electron chi connectivity index (χ1n) is 4.71. The molecule has 0 radical (unpaired) electrons. The molecule has 2 N–H and O–H groups in total. The summed E-state index contributed by atoms with van der Waals surface area (Å²) in [4.78, 5) is 8.11. The second kappa shape index (κ2) is 4.13. The third kappa shape index (κ3) is 2.35. The summed E-state index contributed by atoms with van der Waals surface area (Å²) >= 11 is 3.25. The van der Waals surface area contributed by atoms with Crippen molar-refractivity contribution in [2.45, 2.75) is 31.8 Å². The zero-order valence-electron chi connectivity index (χ0n) is 7.74. The Bertz CT molecular complexity index is 306. The monoisotopic (exact) mass is 257 g/mol. The molecule has 0 atom stereocenters. The summed E-state index contributed by atoms with van der Waals surface area (Å²) < 4.78 is 6.27. The van der Waals surface area contributed by atoms with Gasteiger partial charge in [0.25, 0.3) is 0 Å². The molecule has 0 amide bonds. The van der Waals surface area contributed by atoms with Crippen LogP contribution in [0.2, 0.25) is 0 Å². The predicted octanol–water partition coefficient (Wildman–Crippen LogP) is 2.14. The van der Waals surface area contributed by atoms with Crippen LogP contribution in [0.4, 0.5) is 5.82 Å². The quantitative estimate of drug-likeness (QED) is 0.825. The van der Waals surface area contributed by atoms with Crippen LogP contribution in [0.25, 0.3) is 0 Å². The molecule has 1 aliphatic rings. The zero-order valence-corrected chi connectivity index (χ0v) is 9.33. The largest absolute Gasteiger partial charge is 0.460 e. The van der Waals surface area contributed by atoms with E-state index in [0.29, 0.717) is 16.4 Å². The summed E-state index contributed by atoms with van der Waals surface area (Å²) in [6.07, 6.45) is 4.91. The number of halogens is 1. The normalized spacial score (nSPS) is 17.2. The first-order chi connectivity index (χ1) is 6.74. The molecular weight excluding hydrogens is 246 g/mol. The molecule has 0 unspecified atom stereocenters. The number of aromatic nitrogens is 2. The SMILES string of the molecule is Nc1cc(Br)nc(OC2CCCC2)n1. The van der Waals surface area contributed by atoms with Crippen molar-refractivity contribution in [3.63, 3.8) is 0 Å². The average molecular weight is 258 g/mol. The fraction of sp³-hybridized carbons (Fsp3) is 0.556. The van der Waals surface area contributed by atoms with Crippen LogP contribution in [0.15, 0.2) is 10.7 Å². The van der Waals surface area contributed by atoms with Crippen LogP contribution in [0.3, 0.4) is 0 Å². The van der Waals surface area contributed by atoms with Gasteiger partial charge in [0, 0.05) is 6.07 Å². The maximum Gasteiger partial charge on any atom is 0.319 e. The van der Waals surface area contributed by atoms with Crippen LogP contribution in [0.5, 0.6) is 6.01 Å². The molecule has 14 heavy (non-hydrogen) atoms. The molecule has 76 valence electrons. The van der Waals surface area contributed by atoms with E-state index in [-0.39, 0.29) is 6.10 Å². The molecule has 0 aromatic carbocycles. The van der Waals surface area contributed by atoms with Gasteiger partial charge in [-0.25, -0.2) is 0 Å². The fourth-order valence-electron chi connectivity index (χ4n) is 1.62. The maximum absolute atomic E-state index is 5.60. The molecule has 1 saturated carbocycles. The molecule has 1 aromatic heterocycles. The van der Waals surface area contributed by atoms with Gasteiger partial charge in [-0.2, -0.15) is 9.97 Å². The highest BCUT2D eigenvalue weighted by atomic mass is 79.9. The highest BCUT2D eigenvalue weighted by molar-refractivity contribution is 9.10. The maximum atomic E-state index is 5.60. The van der Waals surface area contributed by atoms with E-state index in [0.717, 1.165) is 12.8 Å². The molecule has 0 aliphatic heterocycles. The molecule has 1 fully saturated rings. The van der Waals surface area contributed by atoms with Crippen molar-refractivity contribution < 1.29 is 4.74 Å². The van der Waals surface area contributed by atoms with Crippen molar-refractivity contribution in [2.75, 3.05) is 5.73 Å². The third-order valence-corrected chi connectivity index (χ3v) is 2.67. The van der Waals surface area contributed by atoms with E-state index in [4.69, 9.17) is 10.5 Å². The minimum Gasteiger partial charge on any atom is -0.460 e. The average Bonchev–Trinajstić information content (AvgIpc) is 2.54. The lowest BCUT2D eigenvalue weighted by Crippen LogP contribution is -2.13. The van der Waals surface area contributed by atoms with Gasteiger partial charge in [0.2, 0.25) is 0 Å². The lowest BCUT2D eigenvalue weighted by molar-refractivity contribution is 0.192. The molecule has 4 nitrogen and oxygen atoms in total. The van der Waals surface area contributed by atoms with E-state index in [9.17, 15) is 0 Å². The van der Waals surface area contributed by atoms with Crippen LogP contribution in [0, 0.1) is 0 Å². The Morgan fingerprint density at radius 1 is 1.36 bits per heavy atom. The first-order valence-corrected chi connectivity index (χ1v) is 5.50. The van der Waals surface area contributed by atoms with Gasteiger partial charge < -0.3 is 10.5 Å². The van der Waals surface area contributed by atoms with E-state index in [1.165, 1.54) is 12.8 Å². The number of hydrogen-bond donors (Lipinski definition) is 1. The van der Waals surface area contributed by atoms with E-state index in [1.54, 1.807) is 6.07 Å². The van der Waals surface area contributed by atoms with E-state index < -0.39 is 0 Å². The van der Waals surface area contributed by atoms with Gasteiger partial charge in [-0.1, -0.05) is 0 Å². The van der Waals surface area contributed by atoms with Crippen LogP contribution < -0.4 is 10.5 Å². The van der Waals surface area contributed by atoms with Crippen molar-refractivity contribution in [1.29, 1.82) is 0 Å². The van der Waals surface area contributed by atoms with Crippen molar-refractivity contribution in [2.24, 2.45) is 0 Å². The minimum atomic E-state index is 0.267. The number of nitrogens with two attached hydrogens (primary N) is 1.